The Morgan fingerprint density at radius 3 is 2.69 bits per heavy atom. The zero-order valence-electron chi connectivity index (χ0n) is 20.0. The molecule has 1 aromatic carbocycles. The molecule has 0 aromatic heterocycles. The van der Waals surface area contributed by atoms with E-state index in [9.17, 15) is 4.21 Å². The standard InChI is InChI=1S/C24H41N5OS.HI/c1-4-31(30)23-11-6-9-21(19-23)27-24(25-3)26-12-7-13-28-14-16-29(17-15-28)22-10-5-8-20(2)18-22;/h5,8,10,18,21,23H,4,6-7,9,11-17,19H2,1-3H3,(H2,25,26,27);1H. The van der Waals surface area contributed by atoms with Gasteiger partial charge in [0.15, 0.2) is 5.96 Å². The van der Waals surface area contributed by atoms with Crippen LogP contribution in [0.1, 0.15) is 44.6 Å². The van der Waals surface area contributed by atoms with Gasteiger partial charge < -0.3 is 15.5 Å². The first kappa shape index (κ1) is 27.4. The Morgan fingerprint density at radius 1 is 1.22 bits per heavy atom. The molecule has 0 spiro atoms. The van der Waals surface area contributed by atoms with Gasteiger partial charge in [0, 0.05) is 73.3 Å². The second-order valence-corrected chi connectivity index (χ2v) is 10.8. The predicted octanol–water partition coefficient (Wildman–Crippen LogP) is 3.37. The number of piperazine rings is 1. The maximum Gasteiger partial charge on any atom is 0.191 e. The van der Waals surface area contributed by atoms with Crippen molar-refractivity contribution in [1.82, 2.24) is 15.5 Å². The molecule has 6 nitrogen and oxygen atoms in total. The molecule has 3 unspecified atom stereocenters. The van der Waals surface area contributed by atoms with Gasteiger partial charge in [-0.25, -0.2) is 0 Å². The van der Waals surface area contributed by atoms with Crippen LogP contribution in [0.2, 0.25) is 0 Å². The third kappa shape index (κ3) is 8.48. The molecule has 0 amide bonds. The van der Waals surface area contributed by atoms with Crippen LogP contribution in [0.25, 0.3) is 0 Å². The van der Waals surface area contributed by atoms with E-state index < -0.39 is 10.8 Å². The van der Waals surface area contributed by atoms with Gasteiger partial charge in [0.25, 0.3) is 0 Å². The van der Waals surface area contributed by atoms with Gasteiger partial charge in [-0.2, -0.15) is 0 Å². The monoisotopic (exact) mass is 575 g/mol. The smallest absolute Gasteiger partial charge is 0.191 e. The van der Waals surface area contributed by atoms with Crippen LogP contribution in [-0.4, -0.2) is 78.4 Å². The Balaban J connectivity index is 0.00000363. The number of hydrogen-bond donors (Lipinski definition) is 2. The maximum atomic E-state index is 12.2. The van der Waals surface area contributed by atoms with E-state index in [0.29, 0.717) is 11.3 Å². The molecule has 1 aliphatic heterocycles. The van der Waals surface area contributed by atoms with Crippen LogP contribution in [0.5, 0.6) is 0 Å². The fourth-order valence-electron chi connectivity index (χ4n) is 4.70. The van der Waals surface area contributed by atoms with Crippen LogP contribution in [0.3, 0.4) is 0 Å². The normalized spacial score (nSPS) is 23.3. The quantitative estimate of drug-likeness (QED) is 0.216. The summed E-state index contributed by atoms with van der Waals surface area (Å²) in [5.41, 5.74) is 2.68. The van der Waals surface area contributed by atoms with Crippen molar-refractivity contribution in [2.45, 2.75) is 57.2 Å². The lowest BCUT2D eigenvalue weighted by molar-refractivity contribution is 0.255. The van der Waals surface area contributed by atoms with E-state index >= 15 is 0 Å². The molecule has 2 fully saturated rings. The number of aliphatic imine (C=N–C) groups is 1. The third-order valence-corrected chi connectivity index (χ3v) is 8.27. The van der Waals surface area contributed by atoms with Crippen LogP contribution >= 0.6 is 24.0 Å². The van der Waals surface area contributed by atoms with Crippen molar-refractivity contribution >= 4 is 46.4 Å². The van der Waals surface area contributed by atoms with Gasteiger partial charge in [-0.3, -0.25) is 14.1 Å². The third-order valence-electron chi connectivity index (χ3n) is 6.53. The van der Waals surface area contributed by atoms with Gasteiger partial charge in [-0.1, -0.05) is 25.5 Å². The van der Waals surface area contributed by atoms with Gasteiger partial charge >= 0.3 is 0 Å². The second kappa shape index (κ2) is 14.4. The van der Waals surface area contributed by atoms with Gasteiger partial charge in [0.05, 0.1) is 0 Å². The Morgan fingerprint density at radius 2 is 2.00 bits per heavy atom. The molecule has 3 atom stereocenters. The minimum Gasteiger partial charge on any atom is -0.369 e. The fraction of sp³-hybridized carbons (Fsp3) is 0.708. The largest absolute Gasteiger partial charge is 0.369 e. The highest BCUT2D eigenvalue weighted by atomic mass is 127. The Bertz CT molecular complexity index is 739. The molecule has 1 aromatic rings. The van der Waals surface area contributed by atoms with E-state index in [1.165, 1.54) is 11.3 Å². The van der Waals surface area contributed by atoms with Gasteiger partial charge in [-0.05, 0) is 56.8 Å². The number of halogens is 1. The summed E-state index contributed by atoms with van der Waals surface area (Å²) in [7, 11) is 1.15. The first-order chi connectivity index (χ1) is 15.1. The fourth-order valence-corrected chi connectivity index (χ4v) is 6.05. The molecule has 0 bridgehead atoms. The number of hydrogen-bond acceptors (Lipinski definition) is 4. The van der Waals surface area contributed by atoms with Crippen molar-refractivity contribution in [3.8, 4) is 0 Å². The predicted molar refractivity (Wildman–Crippen MR) is 149 cm³/mol. The highest BCUT2D eigenvalue weighted by Gasteiger charge is 2.26. The van der Waals surface area contributed by atoms with Crippen LogP contribution in [0, 0.1) is 6.92 Å². The number of aryl methyl sites for hydroxylation is 1. The second-order valence-electron chi connectivity index (χ2n) is 8.82. The zero-order valence-corrected chi connectivity index (χ0v) is 23.2. The summed E-state index contributed by atoms with van der Waals surface area (Å²) in [6, 6.07) is 9.20. The van der Waals surface area contributed by atoms with Crippen molar-refractivity contribution in [2.75, 3.05) is 57.0 Å². The average molecular weight is 576 g/mol. The molecule has 2 aliphatic rings. The molecule has 1 heterocycles. The molecule has 32 heavy (non-hydrogen) atoms. The number of nitrogens with one attached hydrogen (secondary N) is 2. The van der Waals surface area contributed by atoms with E-state index in [4.69, 9.17) is 0 Å². The van der Waals surface area contributed by atoms with Gasteiger partial charge in [-0.15, -0.1) is 24.0 Å². The zero-order chi connectivity index (χ0) is 22.1. The molecule has 1 aliphatic carbocycles. The molecule has 3 rings (SSSR count). The van der Waals surface area contributed by atoms with E-state index in [2.05, 4.69) is 56.6 Å². The number of guanidine groups is 1. The highest BCUT2D eigenvalue weighted by Crippen LogP contribution is 2.23. The molecule has 182 valence electrons. The first-order valence-electron chi connectivity index (χ1n) is 12.0. The van der Waals surface area contributed by atoms with Crippen molar-refractivity contribution in [3.05, 3.63) is 29.8 Å². The lowest BCUT2D eigenvalue weighted by Gasteiger charge is -2.36. The lowest BCUT2D eigenvalue weighted by Crippen LogP contribution is -2.48. The van der Waals surface area contributed by atoms with Crippen LogP contribution in [-0.2, 0) is 10.8 Å². The minimum absolute atomic E-state index is 0. The van der Waals surface area contributed by atoms with Crippen molar-refractivity contribution in [2.24, 2.45) is 4.99 Å². The van der Waals surface area contributed by atoms with Crippen molar-refractivity contribution < 1.29 is 4.21 Å². The first-order valence-corrected chi connectivity index (χ1v) is 13.4. The van der Waals surface area contributed by atoms with E-state index in [1.807, 2.05) is 14.0 Å². The summed E-state index contributed by atoms with van der Waals surface area (Å²) in [5.74, 6) is 1.65. The summed E-state index contributed by atoms with van der Waals surface area (Å²) in [6.07, 6.45) is 5.50. The summed E-state index contributed by atoms with van der Waals surface area (Å²) >= 11 is 0. The maximum absolute atomic E-state index is 12.2. The van der Waals surface area contributed by atoms with Gasteiger partial charge in [0.2, 0.25) is 0 Å². The molecule has 1 saturated heterocycles. The Labute approximate surface area is 214 Å². The van der Waals surface area contributed by atoms with Crippen molar-refractivity contribution in [1.29, 1.82) is 0 Å². The number of rotatable bonds is 8. The number of anilines is 1. The molecule has 1 saturated carbocycles. The number of benzene rings is 1. The van der Waals surface area contributed by atoms with E-state index in [1.54, 1.807) is 0 Å². The summed E-state index contributed by atoms with van der Waals surface area (Å²) in [5, 5.41) is 7.39. The van der Waals surface area contributed by atoms with Crippen LogP contribution in [0.15, 0.2) is 29.3 Å². The van der Waals surface area contributed by atoms with Crippen LogP contribution in [0.4, 0.5) is 5.69 Å². The lowest BCUT2D eigenvalue weighted by atomic mass is 9.95. The molecule has 8 heteroatoms. The van der Waals surface area contributed by atoms with E-state index in [-0.39, 0.29) is 24.0 Å². The van der Waals surface area contributed by atoms with Gasteiger partial charge in [0.1, 0.15) is 0 Å². The van der Waals surface area contributed by atoms with Crippen molar-refractivity contribution in [3.63, 3.8) is 0 Å². The molecule has 0 radical (unpaired) electrons. The summed E-state index contributed by atoms with van der Waals surface area (Å²) < 4.78 is 12.2. The average Bonchev–Trinajstić information content (AvgIpc) is 2.81. The van der Waals surface area contributed by atoms with Crippen LogP contribution < -0.4 is 15.5 Å². The Kier molecular flexibility index (Phi) is 12.3. The summed E-state index contributed by atoms with van der Waals surface area (Å²) in [4.78, 5) is 9.47. The minimum atomic E-state index is -0.686. The highest BCUT2D eigenvalue weighted by molar-refractivity contribution is 14.0. The topological polar surface area (TPSA) is 60.0 Å². The SMILES string of the molecule is CCS(=O)C1CCCC(NC(=NC)NCCCN2CCN(c3cccc(C)c3)CC2)C1.I. The molecular weight excluding hydrogens is 533 g/mol. The molecular formula is C24H42IN5OS. The van der Waals surface area contributed by atoms with E-state index in [0.717, 1.165) is 83.1 Å². The summed E-state index contributed by atoms with van der Waals surface area (Å²) in [6.45, 7) is 10.7. The number of nitrogens with zero attached hydrogens (tertiary/aromatic N) is 3. The Hall–Kier alpha value is -0.870. The molecule has 2 N–H and O–H groups in total.